The van der Waals surface area contributed by atoms with Gasteiger partial charge >= 0.3 is 11.9 Å². The van der Waals surface area contributed by atoms with Crippen LogP contribution in [0.15, 0.2) is 23.0 Å². The van der Waals surface area contributed by atoms with Crippen molar-refractivity contribution >= 4 is 11.9 Å². The Morgan fingerprint density at radius 2 is 2.17 bits per heavy atom. The predicted molar refractivity (Wildman–Crippen MR) is 66.7 cm³/mol. The molecule has 0 fully saturated rings. The summed E-state index contributed by atoms with van der Waals surface area (Å²) in [5, 5.41) is 3.10. The molecule has 18 heavy (non-hydrogen) atoms. The minimum atomic E-state index is -0.299. The molecule has 100 valence electrons. The van der Waals surface area contributed by atoms with Gasteiger partial charge in [0.15, 0.2) is 0 Å². The van der Waals surface area contributed by atoms with Gasteiger partial charge < -0.3 is 14.8 Å². The molecule has 0 amide bonds. The molecule has 5 nitrogen and oxygen atoms in total. The highest BCUT2D eigenvalue weighted by Crippen LogP contribution is 2.19. The molecule has 0 saturated carbocycles. The number of carbonyl (C=O) groups excluding carboxylic acids is 2. The van der Waals surface area contributed by atoms with Crippen molar-refractivity contribution in [3.05, 3.63) is 23.0 Å². The number of allylic oxidation sites excluding steroid dienone is 2. The molecule has 0 atom stereocenters. The maximum atomic E-state index is 11.5. The predicted octanol–water partition coefficient (Wildman–Crippen LogP) is 1.31. The van der Waals surface area contributed by atoms with Crippen molar-refractivity contribution in [2.75, 3.05) is 20.2 Å². The van der Waals surface area contributed by atoms with Gasteiger partial charge in [-0.2, -0.15) is 0 Å². The first kappa shape index (κ1) is 14.4. The highest BCUT2D eigenvalue weighted by atomic mass is 16.5. The van der Waals surface area contributed by atoms with Crippen molar-refractivity contribution in [3.63, 3.8) is 0 Å². The van der Waals surface area contributed by atoms with Crippen molar-refractivity contribution in [1.82, 2.24) is 5.32 Å². The summed E-state index contributed by atoms with van der Waals surface area (Å²) in [6, 6.07) is 0. The second-order valence-electron chi connectivity index (χ2n) is 4.28. The van der Waals surface area contributed by atoms with E-state index in [0.29, 0.717) is 37.3 Å². The van der Waals surface area contributed by atoms with E-state index >= 15 is 0 Å². The first-order valence-corrected chi connectivity index (χ1v) is 5.92. The van der Waals surface area contributed by atoms with Gasteiger partial charge in [-0.25, -0.2) is 4.79 Å². The van der Waals surface area contributed by atoms with Gasteiger partial charge in [0.1, 0.15) is 5.76 Å². The number of esters is 2. The van der Waals surface area contributed by atoms with Gasteiger partial charge in [0, 0.05) is 13.0 Å². The highest BCUT2D eigenvalue weighted by Gasteiger charge is 2.21. The molecule has 5 heteroatoms. The number of hydrogen-bond donors (Lipinski definition) is 1. The molecule has 0 bridgehead atoms. The number of methoxy groups -OCH3 is 1. The molecule has 0 aromatic heterocycles. The molecule has 1 N–H and O–H groups in total. The first-order valence-electron chi connectivity index (χ1n) is 5.92. The summed E-state index contributed by atoms with van der Waals surface area (Å²) < 4.78 is 9.61. The average Bonchev–Trinajstić information content (AvgIpc) is 2.70. The molecular weight excluding hydrogens is 234 g/mol. The molecule has 0 aliphatic carbocycles. The van der Waals surface area contributed by atoms with E-state index in [1.54, 1.807) is 6.08 Å². The van der Waals surface area contributed by atoms with E-state index in [1.807, 2.05) is 13.8 Å². The highest BCUT2D eigenvalue weighted by molar-refractivity contribution is 5.93. The Labute approximate surface area is 107 Å². The average molecular weight is 253 g/mol. The number of ether oxygens (including phenoxy) is 2. The molecule has 1 aliphatic rings. The van der Waals surface area contributed by atoms with E-state index < -0.39 is 0 Å². The van der Waals surface area contributed by atoms with Gasteiger partial charge in [-0.3, -0.25) is 4.79 Å². The lowest BCUT2D eigenvalue weighted by Gasteiger charge is -2.03. The SMILES string of the molecule is COC(=O)CCCNCC1=CC(=C(C)C)OC1=O. The molecule has 1 rings (SSSR count). The maximum absolute atomic E-state index is 11.5. The standard InChI is InChI=1S/C13H19NO4/c1-9(2)11-7-10(13(16)18-11)8-14-6-4-5-12(15)17-3/h7,14H,4-6,8H2,1-3H3. The third-order valence-corrected chi connectivity index (χ3v) is 2.54. The summed E-state index contributed by atoms with van der Waals surface area (Å²) in [5.74, 6) is 0.112. The topological polar surface area (TPSA) is 64.6 Å². The van der Waals surface area contributed by atoms with Crippen molar-refractivity contribution in [2.24, 2.45) is 0 Å². The quantitative estimate of drug-likeness (QED) is 0.571. The van der Waals surface area contributed by atoms with E-state index in [1.165, 1.54) is 7.11 Å². The van der Waals surface area contributed by atoms with Crippen LogP contribution in [0.3, 0.4) is 0 Å². The van der Waals surface area contributed by atoms with Crippen molar-refractivity contribution in [1.29, 1.82) is 0 Å². The minimum absolute atomic E-state index is 0.219. The van der Waals surface area contributed by atoms with Crippen LogP contribution in [0, 0.1) is 0 Å². The smallest absolute Gasteiger partial charge is 0.340 e. The van der Waals surface area contributed by atoms with Gasteiger partial charge in [-0.1, -0.05) is 0 Å². The zero-order chi connectivity index (χ0) is 13.5. The van der Waals surface area contributed by atoms with Gasteiger partial charge in [-0.05, 0) is 38.5 Å². The Morgan fingerprint density at radius 1 is 1.44 bits per heavy atom. The van der Waals surface area contributed by atoms with Crippen LogP contribution in [-0.4, -0.2) is 32.1 Å². The molecule has 0 saturated heterocycles. The van der Waals surface area contributed by atoms with Crippen LogP contribution in [0.4, 0.5) is 0 Å². The molecule has 1 heterocycles. The fourth-order valence-corrected chi connectivity index (χ4v) is 1.46. The van der Waals surface area contributed by atoms with Gasteiger partial charge in [0.05, 0.1) is 12.7 Å². The molecular formula is C13H19NO4. The van der Waals surface area contributed by atoms with Gasteiger partial charge in [0.2, 0.25) is 0 Å². The first-order chi connectivity index (χ1) is 8.54. The Balaban J connectivity index is 2.28. The lowest BCUT2D eigenvalue weighted by Crippen LogP contribution is -2.21. The summed E-state index contributed by atoms with van der Waals surface area (Å²) in [6.07, 6.45) is 2.82. The summed E-state index contributed by atoms with van der Waals surface area (Å²) in [4.78, 5) is 22.3. The van der Waals surface area contributed by atoms with Crippen LogP contribution in [0.1, 0.15) is 26.7 Å². The second-order valence-corrected chi connectivity index (χ2v) is 4.28. The number of rotatable bonds is 6. The van der Waals surface area contributed by atoms with Crippen molar-refractivity contribution in [3.8, 4) is 0 Å². The Morgan fingerprint density at radius 3 is 2.72 bits per heavy atom. The third kappa shape index (κ3) is 4.33. The second kappa shape index (κ2) is 6.96. The zero-order valence-electron chi connectivity index (χ0n) is 11.0. The number of cyclic esters (lactones) is 1. The number of carbonyl (C=O) groups is 2. The Hall–Kier alpha value is -1.62. The molecule has 0 unspecified atom stereocenters. The molecule has 0 radical (unpaired) electrons. The van der Waals surface area contributed by atoms with Crippen LogP contribution >= 0.6 is 0 Å². The fraction of sp³-hybridized carbons (Fsp3) is 0.538. The van der Waals surface area contributed by atoms with E-state index in [4.69, 9.17) is 4.74 Å². The summed E-state index contributed by atoms with van der Waals surface area (Å²) >= 11 is 0. The van der Waals surface area contributed by atoms with Crippen molar-refractivity contribution in [2.45, 2.75) is 26.7 Å². The van der Waals surface area contributed by atoms with Crippen LogP contribution in [-0.2, 0) is 19.1 Å². The zero-order valence-corrected chi connectivity index (χ0v) is 11.0. The van der Waals surface area contributed by atoms with E-state index in [0.717, 1.165) is 5.57 Å². The lowest BCUT2D eigenvalue weighted by molar-refractivity contribution is -0.140. The minimum Gasteiger partial charge on any atom is -0.469 e. The molecule has 0 aromatic rings. The van der Waals surface area contributed by atoms with Crippen LogP contribution in [0.2, 0.25) is 0 Å². The van der Waals surface area contributed by atoms with Crippen molar-refractivity contribution < 1.29 is 19.1 Å². The molecule has 1 aliphatic heterocycles. The van der Waals surface area contributed by atoms with Gasteiger partial charge in [0.25, 0.3) is 0 Å². The van der Waals surface area contributed by atoms with E-state index in [-0.39, 0.29) is 11.9 Å². The monoisotopic (exact) mass is 253 g/mol. The fourth-order valence-electron chi connectivity index (χ4n) is 1.46. The van der Waals surface area contributed by atoms with Crippen LogP contribution < -0.4 is 5.32 Å². The number of nitrogens with one attached hydrogen (secondary N) is 1. The molecule has 0 aromatic carbocycles. The summed E-state index contributed by atoms with van der Waals surface area (Å²) in [5.41, 5.74) is 1.59. The normalized spacial score (nSPS) is 14.3. The molecule has 0 spiro atoms. The largest absolute Gasteiger partial charge is 0.469 e. The Bertz CT molecular complexity index is 392. The third-order valence-electron chi connectivity index (χ3n) is 2.54. The number of hydrogen-bond acceptors (Lipinski definition) is 5. The maximum Gasteiger partial charge on any atom is 0.340 e. The Kier molecular flexibility index (Phi) is 5.58. The van der Waals surface area contributed by atoms with Gasteiger partial charge in [-0.15, -0.1) is 0 Å². The van der Waals surface area contributed by atoms with Crippen LogP contribution in [0.5, 0.6) is 0 Å². The van der Waals surface area contributed by atoms with E-state index in [2.05, 4.69) is 10.1 Å². The summed E-state index contributed by atoms with van der Waals surface area (Å²) in [6.45, 7) is 4.90. The van der Waals surface area contributed by atoms with Crippen LogP contribution in [0.25, 0.3) is 0 Å². The lowest BCUT2D eigenvalue weighted by atomic mass is 10.2. The summed E-state index contributed by atoms with van der Waals surface area (Å²) in [7, 11) is 1.37. The van der Waals surface area contributed by atoms with E-state index in [9.17, 15) is 9.59 Å².